The quantitative estimate of drug-likeness (QED) is 0.688. The Balaban J connectivity index is 1.63. The average molecular weight is 270 g/mol. The number of hydrogen-bond donors (Lipinski definition) is 0. The minimum Gasteiger partial charge on any atom is -0.381 e. The highest BCUT2D eigenvalue weighted by atomic mass is 16.7. The largest absolute Gasteiger partial charge is 0.381 e. The molecule has 0 bridgehead atoms. The van der Waals surface area contributed by atoms with Gasteiger partial charge in [0.2, 0.25) is 0 Å². The first-order valence-corrected chi connectivity index (χ1v) is 8.09. The van der Waals surface area contributed by atoms with Gasteiger partial charge in [-0.05, 0) is 32.1 Å². The maximum absolute atomic E-state index is 5.97. The summed E-state index contributed by atoms with van der Waals surface area (Å²) < 4.78 is 17.4. The van der Waals surface area contributed by atoms with Crippen LogP contribution in [0.2, 0.25) is 0 Å². The van der Waals surface area contributed by atoms with Crippen LogP contribution >= 0.6 is 0 Å². The van der Waals surface area contributed by atoms with Crippen molar-refractivity contribution in [2.24, 2.45) is 11.8 Å². The zero-order valence-corrected chi connectivity index (χ0v) is 12.6. The lowest BCUT2D eigenvalue weighted by Gasteiger charge is -2.37. The molecule has 19 heavy (non-hydrogen) atoms. The highest BCUT2D eigenvalue weighted by Gasteiger charge is 2.32. The Morgan fingerprint density at radius 1 is 1.00 bits per heavy atom. The van der Waals surface area contributed by atoms with Crippen LogP contribution in [0.4, 0.5) is 0 Å². The molecule has 1 saturated heterocycles. The molecule has 1 saturated carbocycles. The third kappa shape index (κ3) is 4.73. The molecule has 0 radical (unpaired) electrons. The van der Waals surface area contributed by atoms with Crippen molar-refractivity contribution >= 4 is 0 Å². The minimum absolute atomic E-state index is 0.0558. The summed E-state index contributed by atoms with van der Waals surface area (Å²) in [4.78, 5) is 0. The van der Waals surface area contributed by atoms with Gasteiger partial charge in [0, 0.05) is 18.9 Å². The topological polar surface area (TPSA) is 27.7 Å². The number of rotatable bonds is 6. The molecular weight excluding hydrogens is 240 g/mol. The van der Waals surface area contributed by atoms with Gasteiger partial charge in [0.25, 0.3) is 0 Å². The lowest BCUT2D eigenvalue weighted by Crippen LogP contribution is -2.39. The molecule has 0 aromatic carbocycles. The smallest absolute Gasteiger partial charge is 0.160 e. The van der Waals surface area contributed by atoms with Crippen LogP contribution in [0.1, 0.15) is 58.3 Å². The summed E-state index contributed by atoms with van der Waals surface area (Å²) in [6, 6.07) is 0. The van der Waals surface area contributed by atoms with E-state index in [1.807, 2.05) is 7.11 Å². The Kier molecular flexibility index (Phi) is 6.62. The number of hydrogen-bond acceptors (Lipinski definition) is 3. The van der Waals surface area contributed by atoms with Crippen molar-refractivity contribution in [3.63, 3.8) is 0 Å². The molecule has 0 atom stereocenters. The molecule has 0 amide bonds. The zero-order valence-electron chi connectivity index (χ0n) is 12.6. The van der Waals surface area contributed by atoms with Crippen LogP contribution in [0, 0.1) is 11.8 Å². The first kappa shape index (κ1) is 15.3. The molecular formula is C16H30O3. The van der Waals surface area contributed by atoms with Crippen LogP contribution in [-0.4, -0.2) is 32.7 Å². The van der Waals surface area contributed by atoms with E-state index in [1.165, 1.54) is 38.5 Å². The Bertz CT molecular complexity index is 228. The highest BCUT2D eigenvalue weighted by molar-refractivity contribution is 4.77. The Morgan fingerprint density at radius 2 is 1.68 bits per heavy atom. The van der Waals surface area contributed by atoms with Gasteiger partial charge < -0.3 is 14.2 Å². The highest BCUT2D eigenvalue weighted by Crippen LogP contribution is 2.32. The van der Waals surface area contributed by atoms with Gasteiger partial charge in [0.05, 0.1) is 19.3 Å². The maximum atomic E-state index is 5.97. The van der Waals surface area contributed by atoms with Crippen molar-refractivity contribution in [2.75, 3.05) is 20.3 Å². The van der Waals surface area contributed by atoms with Crippen LogP contribution in [0.25, 0.3) is 0 Å². The summed E-state index contributed by atoms with van der Waals surface area (Å²) in [7, 11) is 1.82. The van der Waals surface area contributed by atoms with E-state index in [0.717, 1.165) is 26.1 Å². The van der Waals surface area contributed by atoms with Gasteiger partial charge in [-0.15, -0.1) is 0 Å². The van der Waals surface area contributed by atoms with Gasteiger partial charge in [0.1, 0.15) is 0 Å². The van der Waals surface area contributed by atoms with Gasteiger partial charge in [-0.1, -0.05) is 26.2 Å². The second-order valence-electron chi connectivity index (χ2n) is 6.17. The molecule has 0 unspecified atom stereocenters. The predicted octanol–water partition coefficient (Wildman–Crippen LogP) is 3.76. The summed E-state index contributed by atoms with van der Waals surface area (Å²) in [6.07, 6.45) is 10.4. The molecule has 1 heterocycles. The van der Waals surface area contributed by atoms with Crippen LogP contribution in [0.5, 0.6) is 0 Å². The molecule has 2 fully saturated rings. The van der Waals surface area contributed by atoms with Crippen molar-refractivity contribution < 1.29 is 14.2 Å². The van der Waals surface area contributed by atoms with E-state index in [4.69, 9.17) is 14.2 Å². The molecule has 1 aliphatic carbocycles. The molecule has 0 spiro atoms. The summed E-state index contributed by atoms with van der Waals surface area (Å²) in [5, 5.41) is 0. The number of methoxy groups -OCH3 is 1. The van der Waals surface area contributed by atoms with Crippen molar-refractivity contribution in [3.8, 4) is 0 Å². The fraction of sp³-hybridized carbons (Fsp3) is 1.00. The zero-order chi connectivity index (χ0) is 13.5. The normalized spacial score (nSPS) is 36.3. The fourth-order valence-electron chi connectivity index (χ4n) is 3.28. The van der Waals surface area contributed by atoms with Gasteiger partial charge in [-0.3, -0.25) is 0 Å². The van der Waals surface area contributed by atoms with Crippen molar-refractivity contribution in [1.82, 2.24) is 0 Å². The van der Waals surface area contributed by atoms with Crippen molar-refractivity contribution in [3.05, 3.63) is 0 Å². The third-order valence-corrected chi connectivity index (χ3v) is 4.65. The van der Waals surface area contributed by atoms with E-state index in [9.17, 15) is 0 Å². The van der Waals surface area contributed by atoms with E-state index in [-0.39, 0.29) is 6.29 Å². The van der Waals surface area contributed by atoms with Gasteiger partial charge in [0.15, 0.2) is 6.29 Å². The van der Waals surface area contributed by atoms with Crippen molar-refractivity contribution in [2.45, 2.75) is 70.7 Å². The Hall–Kier alpha value is -0.120. The SMILES string of the molecule is CCCCCC1COC(C2CCC(OC)CC2)OC1. The van der Waals surface area contributed by atoms with E-state index in [0.29, 0.717) is 17.9 Å². The molecule has 0 aromatic rings. The number of unbranched alkanes of at least 4 members (excludes halogenated alkanes) is 2. The predicted molar refractivity (Wildman–Crippen MR) is 76.1 cm³/mol. The van der Waals surface area contributed by atoms with E-state index >= 15 is 0 Å². The molecule has 0 N–H and O–H groups in total. The van der Waals surface area contributed by atoms with Crippen LogP contribution in [0.3, 0.4) is 0 Å². The molecule has 2 rings (SSSR count). The summed E-state index contributed by atoms with van der Waals surface area (Å²) in [5.74, 6) is 1.21. The summed E-state index contributed by atoms with van der Waals surface area (Å²) in [5.41, 5.74) is 0. The summed E-state index contributed by atoms with van der Waals surface area (Å²) in [6.45, 7) is 4.05. The maximum Gasteiger partial charge on any atom is 0.160 e. The van der Waals surface area contributed by atoms with Crippen molar-refractivity contribution in [1.29, 1.82) is 0 Å². The monoisotopic (exact) mass is 270 g/mol. The molecule has 0 aromatic heterocycles. The molecule has 3 heteroatoms. The molecule has 112 valence electrons. The van der Waals surface area contributed by atoms with Gasteiger partial charge in [-0.2, -0.15) is 0 Å². The molecule has 3 nitrogen and oxygen atoms in total. The molecule has 1 aliphatic heterocycles. The van der Waals surface area contributed by atoms with E-state index in [1.54, 1.807) is 0 Å². The second-order valence-corrected chi connectivity index (χ2v) is 6.17. The third-order valence-electron chi connectivity index (χ3n) is 4.65. The van der Waals surface area contributed by atoms with Gasteiger partial charge in [-0.25, -0.2) is 0 Å². The minimum atomic E-state index is 0.0558. The van der Waals surface area contributed by atoms with E-state index in [2.05, 4.69) is 6.92 Å². The Morgan fingerprint density at radius 3 is 2.26 bits per heavy atom. The number of ether oxygens (including phenoxy) is 3. The lowest BCUT2D eigenvalue weighted by atomic mass is 9.86. The van der Waals surface area contributed by atoms with Crippen LogP contribution < -0.4 is 0 Å². The first-order valence-electron chi connectivity index (χ1n) is 8.09. The second kappa shape index (κ2) is 8.23. The van der Waals surface area contributed by atoms with Gasteiger partial charge >= 0.3 is 0 Å². The van der Waals surface area contributed by atoms with E-state index < -0.39 is 0 Å². The first-order chi connectivity index (χ1) is 9.33. The van der Waals surface area contributed by atoms with Crippen LogP contribution in [-0.2, 0) is 14.2 Å². The average Bonchev–Trinajstić information content (AvgIpc) is 2.48. The lowest BCUT2D eigenvalue weighted by molar-refractivity contribution is -0.231. The molecule has 2 aliphatic rings. The van der Waals surface area contributed by atoms with Crippen LogP contribution in [0.15, 0.2) is 0 Å². The summed E-state index contributed by atoms with van der Waals surface area (Å²) >= 11 is 0. The standard InChI is InChI=1S/C16H30O3/c1-3-4-5-6-13-11-18-16(19-12-13)14-7-9-15(17-2)10-8-14/h13-16H,3-12H2,1-2H3. The fourth-order valence-corrected chi connectivity index (χ4v) is 3.28. The Labute approximate surface area is 118 Å².